The van der Waals surface area contributed by atoms with E-state index in [4.69, 9.17) is 23.2 Å². The molecule has 0 unspecified atom stereocenters. The first kappa shape index (κ1) is 25.1. The maximum Gasteiger partial charge on any atom is 0.247 e. The lowest BCUT2D eigenvalue weighted by Crippen LogP contribution is -2.57. The predicted octanol–water partition coefficient (Wildman–Crippen LogP) is 5.73. The molecule has 194 valence electrons. The topological polar surface area (TPSA) is 66.5 Å². The van der Waals surface area contributed by atoms with E-state index < -0.39 is 45.3 Å². The molecule has 3 aromatic rings. The van der Waals surface area contributed by atoms with Gasteiger partial charge in [0.25, 0.3) is 0 Å². The summed E-state index contributed by atoms with van der Waals surface area (Å²) in [5.41, 5.74) is 5.69. The quantitative estimate of drug-likeness (QED) is 0.328. The Balaban J connectivity index is 1.43. The maximum atomic E-state index is 14.1. The molecule has 1 fully saturated rings. The predicted molar refractivity (Wildman–Crippen MR) is 148 cm³/mol. The number of nitrogens with one attached hydrogen (secondary N) is 1. The molecule has 7 heteroatoms. The fraction of sp³-hybridized carbons (Fsp3) is 0.323. The van der Waals surface area contributed by atoms with Gasteiger partial charge in [-0.15, -0.1) is 23.2 Å². The van der Waals surface area contributed by atoms with Crippen LogP contribution in [0.5, 0.6) is 0 Å². The largest absolute Gasteiger partial charge is 0.324 e. The Kier molecular flexibility index (Phi) is 5.75. The Morgan fingerprint density at radius 3 is 1.55 bits per heavy atom. The summed E-state index contributed by atoms with van der Waals surface area (Å²) in [6, 6.07) is 19.9. The zero-order valence-corrected chi connectivity index (χ0v) is 22.9. The number of nitrogens with zero attached hydrogens (tertiary/aromatic N) is 1. The van der Waals surface area contributed by atoms with Crippen LogP contribution in [0.25, 0.3) is 0 Å². The molecular formula is C31H28Cl2N2O3. The van der Waals surface area contributed by atoms with Crippen molar-refractivity contribution in [1.82, 2.24) is 4.90 Å². The highest BCUT2D eigenvalue weighted by atomic mass is 35.5. The molecule has 3 aliphatic carbocycles. The molecule has 0 spiro atoms. The molecule has 3 amide bonds. The molecule has 0 saturated carbocycles. The normalized spacial score (nSPS) is 27.6. The van der Waals surface area contributed by atoms with Crippen molar-refractivity contribution >= 4 is 46.6 Å². The van der Waals surface area contributed by atoms with Crippen LogP contribution in [0.2, 0.25) is 0 Å². The Morgan fingerprint density at radius 1 is 0.789 bits per heavy atom. The zero-order valence-electron chi connectivity index (χ0n) is 21.4. The number of hydrogen-bond acceptors (Lipinski definition) is 3. The number of likely N-dealkylation sites (tertiary alicyclic amines) is 1. The van der Waals surface area contributed by atoms with Gasteiger partial charge < -0.3 is 5.32 Å². The Labute approximate surface area is 232 Å². The molecule has 1 N–H and O–H groups in total. The summed E-state index contributed by atoms with van der Waals surface area (Å²) in [5, 5.41) is 3.02. The average molecular weight is 547 g/mol. The van der Waals surface area contributed by atoms with Crippen molar-refractivity contribution in [1.29, 1.82) is 0 Å². The fourth-order valence-electron chi connectivity index (χ4n) is 6.82. The number of alkyl halides is 2. The van der Waals surface area contributed by atoms with E-state index >= 15 is 0 Å². The Bertz CT molecular complexity index is 1370. The Morgan fingerprint density at radius 2 is 1.18 bits per heavy atom. The summed E-state index contributed by atoms with van der Waals surface area (Å²) in [6.07, 6.45) is 1.48. The van der Waals surface area contributed by atoms with Crippen LogP contribution in [0.3, 0.4) is 0 Å². The number of para-hydroxylation sites is 1. The van der Waals surface area contributed by atoms with Crippen LogP contribution in [-0.4, -0.2) is 28.7 Å². The maximum absolute atomic E-state index is 14.1. The number of anilines is 1. The Hall–Kier alpha value is -3.15. The van der Waals surface area contributed by atoms with Crippen LogP contribution in [0.4, 0.5) is 5.69 Å². The second-order valence-corrected chi connectivity index (χ2v) is 11.5. The highest BCUT2D eigenvalue weighted by molar-refractivity contribution is 6.36. The van der Waals surface area contributed by atoms with E-state index in [1.54, 1.807) is 6.92 Å². The van der Waals surface area contributed by atoms with Gasteiger partial charge in [-0.05, 0) is 53.1 Å². The first-order valence-electron chi connectivity index (χ1n) is 13.1. The molecule has 3 atom stereocenters. The van der Waals surface area contributed by atoms with Gasteiger partial charge in [0.2, 0.25) is 17.7 Å². The van der Waals surface area contributed by atoms with Crippen LogP contribution in [0, 0.1) is 11.8 Å². The zero-order chi connectivity index (χ0) is 27.0. The van der Waals surface area contributed by atoms with Crippen LogP contribution < -0.4 is 5.32 Å². The fourth-order valence-corrected chi connectivity index (χ4v) is 7.92. The smallest absolute Gasteiger partial charge is 0.247 e. The van der Waals surface area contributed by atoms with Crippen LogP contribution >= 0.6 is 23.2 Å². The summed E-state index contributed by atoms with van der Waals surface area (Å²) in [6.45, 7) is 5.64. The number of aryl methyl sites for hydroxylation is 2. The monoisotopic (exact) mass is 546 g/mol. The van der Waals surface area contributed by atoms with Crippen LogP contribution in [0.15, 0.2) is 66.7 Å². The van der Waals surface area contributed by atoms with Gasteiger partial charge in [0, 0.05) is 5.69 Å². The van der Waals surface area contributed by atoms with Gasteiger partial charge in [0.05, 0.1) is 11.8 Å². The summed E-state index contributed by atoms with van der Waals surface area (Å²) in [4.78, 5) is 40.4. The van der Waals surface area contributed by atoms with Crippen molar-refractivity contribution in [3.8, 4) is 0 Å². The SMILES string of the molecule is CCc1cccc(CC)c1NC(=O)[C@@H](C)N1C(=O)[C@@H]2[C@H](C1=O)C1(Cl)c3ccccc3C2(Cl)c2ccccc21. The highest BCUT2D eigenvalue weighted by Crippen LogP contribution is 2.69. The molecule has 0 radical (unpaired) electrons. The van der Waals surface area contributed by atoms with E-state index in [-0.39, 0.29) is 0 Å². The van der Waals surface area contributed by atoms with Crippen molar-refractivity contribution in [2.45, 2.75) is 49.4 Å². The van der Waals surface area contributed by atoms with Crippen LogP contribution in [0.1, 0.15) is 54.2 Å². The van der Waals surface area contributed by atoms with E-state index in [9.17, 15) is 14.4 Å². The number of halogens is 2. The lowest BCUT2D eigenvalue weighted by Gasteiger charge is -2.54. The van der Waals surface area contributed by atoms with Gasteiger partial charge in [-0.1, -0.05) is 80.6 Å². The van der Waals surface area contributed by atoms with E-state index in [1.807, 2.05) is 80.6 Å². The van der Waals surface area contributed by atoms with Gasteiger partial charge in [-0.25, -0.2) is 0 Å². The molecule has 1 heterocycles. The molecule has 2 bridgehead atoms. The molecular weight excluding hydrogens is 519 g/mol. The number of rotatable bonds is 5. The molecule has 3 aromatic carbocycles. The lowest BCUT2D eigenvalue weighted by molar-refractivity contribution is -0.146. The summed E-state index contributed by atoms with van der Waals surface area (Å²) in [5.74, 6) is -3.21. The molecule has 1 saturated heterocycles. The first-order chi connectivity index (χ1) is 18.2. The number of hydrogen-bond donors (Lipinski definition) is 1. The second kappa shape index (κ2) is 8.69. The van der Waals surface area contributed by atoms with E-state index in [0.717, 1.165) is 56.8 Å². The number of amides is 3. The molecule has 38 heavy (non-hydrogen) atoms. The van der Waals surface area contributed by atoms with Gasteiger partial charge >= 0.3 is 0 Å². The summed E-state index contributed by atoms with van der Waals surface area (Å²) in [7, 11) is 0. The molecule has 0 aromatic heterocycles. The van der Waals surface area contributed by atoms with Crippen LogP contribution in [-0.2, 0) is 37.0 Å². The van der Waals surface area contributed by atoms with Gasteiger partial charge in [-0.3, -0.25) is 19.3 Å². The van der Waals surface area contributed by atoms with E-state index in [1.165, 1.54) is 0 Å². The summed E-state index contributed by atoms with van der Waals surface area (Å²) >= 11 is 15.0. The third-order valence-electron chi connectivity index (χ3n) is 8.63. The molecule has 7 rings (SSSR count). The molecule has 5 nitrogen and oxygen atoms in total. The number of carbonyl (C=O) groups excluding carboxylic acids is 3. The van der Waals surface area contributed by atoms with Gasteiger partial charge in [0.15, 0.2) is 0 Å². The van der Waals surface area contributed by atoms with Crippen molar-refractivity contribution in [3.63, 3.8) is 0 Å². The third kappa shape index (κ3) is 3.03. The minimum atomic E-state index is -1.27. The van der Waals surface area contributed by atoms with Gasteiger partial charge in [-0.2, -0.15) is 0 Å². The minimum absolute atomic E-state index is 0.421. The van der Waals surface area contributed by atoms with Gasteiger partial charge in [0.1, 0.15) is 15.8 Å². The highest BCUT2D eigenvalue weighted by Gasteiger charge is 2.73. The second-order valence-electron chi connectivity index (χ2n) is 10.3. The average Bonchev–Trinajstić information content (AvgIpc) is 3.22. The van der Waals surface area contributed by atoms with Crippen molar-refractivity contribution in [2.24, 2.45) is 11.8 Å². The lowest BCUT2D eigenvalue weighted by atomic mass is 9.54. The number of imide groups is 1. The van der Waals surface area contributed by atoms with Crippen molar-refractivity contribution in [3.05, 3.63) is 100 Å². The van der Waals surface area contributed by atoms with Crippen molar-refractivity contribution in [2.75, 3.05) is 5.32 Å². The molecule has 1 aliphatic heterocycles. The number of carbonyl (C=O) groups is 3. The number of benzene rings is 3. The third-order valence-corrected chi connectivity index (χ3v) is 9.92. The molecule has 4 aliphatic rings. The van der Waals surface area contributed by atoms with Crippen molar-refractivity contribution < 1.29 is 14.4 Å². The standard InChI is InChI=1S/C31H28Cl2N2O3/c1-4-18-11-10-12-19(5-2)26(18)34-27(36)17(3)35-28(37)24-25(29(35)38)31(33)21-14-7-6-13-20(21)30(24,32)22-15-8-9-16-23(22)31/h6-17,24-25H,4-5H2,1-3H3,(H,34,36)/t17-,24-,25+,30?,31?/m1/s1. The summed E-state index contributed by atoms with van der Waals surface area (Å²) < 4.78 is 0. The van der Waals surface area contributed by atoms with E-state index in [2.05, 4.69) is 5.32 Å². The first-order valence-corrected chi connectivity index (χ1v) is 13.8. The minimum Gasteiger partial charge on any atom is -0.324 e. The van der Waals surface area contributed by atoms with E-state index in [0.29, 0.717) is 0 Å².